The molecule has 0 aliphatic rings. The van der Waals surface area contributed by atoms with Gasteiger partial charge in [0.1, 0.15) is 13.2 Å². The molecule has 1 aromatic rings. The van der Waals surface area contributed by atoms with Crippen LogP contribution in [0.1, 0.15) is 20.7 Å². The summed E-state index contributed by atoms with van der Waals surface area (Å²) in [6.07, 6.45) is 0. The van der Waals surface area contributed by atoms with Gasteiger partial charge in [-0.25, -0.2) is 9.59 Å². The van der Waals surface area contributed by atoms with Crippen LogP contribution in [0.4, 0.5) is 0 Å². The first-order valence-corrected chi connectivity index (χ1v) is 7.51. The second-order valence-electron chi connectivity index (χ2n) is 4.49. The highest BCUT2D eigenvalue weighted by Crippen LogP contribution is 2.12. The van der Waals surface area contributed by atoms with Crippen molar-refractivity contribution in [3.63, 3.8) is 0 Å². The summed E-state index contributed by atoms with van der Waals surface area (Å²) in [6, 6.07) is 6.16. The minimum Gasteiger partial charge on any atom is -0.460 e. The van der Waals surface area contributed by atoms with Crippen LogP contribution in [0.2, 0.25) is 0 Å². The zero-order valence-corrected chi connectivity index (χ0v) is 13.3. The molecule has 0 aromatic heterocycles. The number of rotatable bonds is 12. The number of benzene rings is 1. The molecule has 2 N–H and O–H groups in total. The molecule has 0 saturated carbocycles. The standard InChI is InChI=1S/C16H22O8/c17-5-7-21-9-11-23-15(19)13-3-1-2-4-14(13)16(20)24-12-10-22-8-6-18/h1-4,17-18H,5-12H2. The van der Waals surface area contributed by atoms with E-state index >= 15 is 0 Å². The molecule has 0 aliphatic carbocycles. The lowest BCUT2D eigenvalue weighted by molar-refractivity contribution is 0.0224. The summed E-state index contributed by atoms with van der Waals surface area (Å²) >= 11 is 0. The van der Waals surface area contributed by atoms with Gasteiger partial charge in [-0.3, -0.25) is 0 Å². The predicted molar refractivity (Wildman–Crippen MR) is 82.8 cm³/mol. The van der Waals surface area contributed by atoms with Crippen molar-refractivity contribution in [2.45, 2.75) is 0 Å². The number of aliphatic hydroxyl groups is 2. The first kappa shape index (κ1) is 20.0. The molecule has 0 aliphatic heterocycles. The molecular weight excluding hydrogens is 320 g/mol. The Balaban J connectivity index is 2.50. The third kappa shape index (κ3) is 7.51. The lowest BCUT2D eigenvalue weighted by Crippen LogP contribution is -2.18. The van der Waals surface area contributed by atoms with Crippen LogP contribution in [-0.2, 0) is 18.9 Å². The molecule has 0 atom stereocenters. The van der Waals surface area contributed by atoms with E-state index in [9.17, 15) is 9.59 Å². The van der Waals surface area contributed by atoms with E-state index < -0.39 is 11.9 Å². The van der Waals surface area contributed by atoms with Gasteiger partial charge in [-0.1, -0.05) is 12.1 Å². The summed E-state index contributed by atoms with van der Waals surface area (Å²) in [4.78, 5) is 24.1. The Kier molecular flexibility index (Phi) is 10.4. The number of carbonyl (C=O) groups is 2. The van der Waals surface area contributed by atoms with Crippen molar-refractivity contribution >= 4 is 11.9 Å². The van der Waals surface area contributed by atoms with Crippen LogP contribution in [0.3, 0.4) is 0 Å². The van der Waals surface area contributed by atoms with Crippen LogP contribution in [-0.4, -0.2) is 75.0 Å². The molecule has 0 amide bonds. The van der Waals surface area contributed by atoms with Crippen molar-refractivity contribution in [3.8, 4) is 0 Å². The highest BCUT2D eigenvalue weighted by Gasteiger charge is 2.18. The molecule has 0 heterocycles. The van der Waals surface area contributed by atoms with Crippen LogP contribution in [0.5, 0.6) is 0 Å². The van der Waals surface area contributed by atoms with E-state index in [1.54, 1.807) is 12.1 Å². The Morgan fingerprint density at radius 2 is 1.12 bits per heavy atom. The highest BCUT2D eigenvalue weighted by molar-refractivity contribution is 6.03. The van der Waals surface area contributed by atoms with Crippen LogP contribution in [0, 0.1) is 0 Å². The van der Waals surface area contributed by atoms with E-state index in [4.69, 9.17) is 29.2 Å². The fourth-order valence-electron chi connectivity index (χ4n) is 1.71. The average molecular weight is 342 g/mol. The molecule has 134 valence electrons. The van der Waals surface area contributed by atoms with Crippen molar-refractivity contribution in [3.05, 3.63) is 35.4 Å². The Hall–Kier alpha value is -2.00. The summed E-state index contributed by atoms with van der Waals surface area (Å²) in [5, 5.41) is 17.1. The topological polar surface area (TPSA) is 112 Å². The molecule has 0 unspecified atom stereocenters. The maximum absolute atomic E-state index is 12.0. The maximum atomic E-state index is 12.0. The fraction of sp³-hybridized carbons (Fsp3) is 0.500. The number of hydrogen-bond acceptors (Lipinski definition) is 8. The lowest BCUT2D eigenvalue weighted by atomic mass is 10.1. The first-order valence-electron chi connectivity index (χ1n) is 7.51. The van der Waals surface area contributed by atoms with E-state index in [1.807, 2.05) is 0 Å². The van der Waals surface area contributed by atoms with Crippen LogP contribution < -0.4 is 0 Å². The number of hydrogen-bond donors (Lipinski definition) is 2. The van der Waals surface area contributed by atoms with Gasteiger partial charge in [0.25, 0.3) is 0 Å². The van der Waals surface area contributed by atoms with Gasteiger partial charge >= 0.3 is 11.9 Å². The SMILES string of the molecule is O=C(OCCOCCO)c1ccccc1C(=O)OCCOCCO. The molecule has 0 saturated heterocycles. The minimum atomic E-state index is -0.660. The van der Waals surface area contributed by atoms with Gasteiger partial charge in [-0.2, -0.15) is 0 Å². The lowest BCUT2D eigenvalue weighted by Gasteiger charge is -2.10. The van der Waals surface area contributed by atoms with Crippen molar-refractivity contribution in [2.24, 2.45) is 0 Å². The van der Waals surface area contributed by atoms with E-state index in [1.165, 1.54) is 12.1 Å². The quantitative estimate of drug-likeness (QED) is 0.404. The van der Waals surface area contributed by atoms with Gasteiger partial charge in [0.15, 0.2) is 0 Å². The molecule has 24 heavy (non-hydrogen) atoms. The van der Waals surface area contributed by atoms with Gasteiger partial charge in [-0.15, -0.1) is 0 Å². The maximum Gasteiger partial charge on any atom is 0.339 e. The molecule has 1 rings (SSSR count). The third-order valence-corrected chi connectivity index (χ3v) is 2.76. The summed E-state index contributed by atoms with van der Waals surface area (Å²) in [7, 11) is 0. The number of ether oxygens (including phenoxy) is 4. The number of aliphatic hydroxyl groups excluding tert-OH is 2. The summed E-state index contributed by atoms with van der Waals surface area (Å²) in [6.45, 7) is 0.448. The monoisotopic (exact) mass is 342 g/mol. The molecule has 0 spiro atoms. The van der Waals surface area contributed by atoms with Crippen LogP contribution in [0.15, 0.2) is 24.3 Å². The number of esters is 2. The highest BCUT2D eigenvalue weighted by atomic mass is 16.6. The molecule has 8 nitrogen and oxygen atoms in total. The van der Waals surface area contributed by atoms with Gasteiger partial charge in [0, 0.05) is 0 Å². The largest absolute Gasteiger partial charge is 0.460 e. The second-order valence-corrected chi connectivity index (χ2v) is 4.49. The Morgan fingerprint density at radius 3 is 1.50 bits per heavy atom. The molecule has 8 heteroatoms. The zero-order valence-electron chi connectivity index (χ0n) is 13.3. The van der Waals surface area contributed by atoms with Gasteiger partial charge in [-0.05, 0) is 12.1 Å². The molecule has 0 bridgehead atoms. The van der Waals surface area contributed by atoms with E-state index in [-0.39, 0.29) is 64.0 Å². The Labute approximate surface area is 139 Å². The summed E-state index contributed by atoms with van der Waals surface area (Å²) in [5.41, 5.74) is 0.196. The number of carbonyl (C=O) groups excluding carboxylic acids is 2. The Bertz CT molecular complexity index is 458. The van der Waals surface area contributed by atoms with Crippen LogP contribution in [0.25, 0.3) is 0 Å². The fourth-order valence-corrected chi connectivity index (χ4v) is 1.71. The van der Waals surface area contributed by atoms with Crippen molar-refractivity contribution < 1.29 is 38.7 Å². The van der Waals surface area contributed by atoms with E-state index in [0.29, 0.717) is 0 Å². The van der Waals surface area contributed by atoms with Gasteiger partial charge in [0.2, 0.25) is 0 Å². The minimum absolute atomic E-state index is 0.0111. The average Bonchev–Trinajstić information content (AvgIpc) is 2.61. The van der Waals surface area contributed by atoms with Crippen molar-refractivity contribution in [2.75, 3.05) is 52.9 Å². The summed E-state index contributed by atoms with van der Waals surface area (Å²) in [5.74, 6) is -1.32. The van der Waals surface area contributed by atoms with Gasteiger partial charge in [0.05, 0.1) is 50.8 Å². The zero-order chi connectivity index (χ0) is 17.6. The molecule has 0 fully saturated rings. The molecular formula is C16H22O8. The Morgan fingerprint density at radius 1 is 0.708 bits per heavy atom. The smallest absolute Gasteiger partial charge is 0.339 e. The predicted octanol–water partition coefficient (Wildman–Crippen LogP) is 0.0180. The van der Waals surface area contributed by atoms with Crippen molar-refractivity contribution in [1.82, 2.24) is 0 Å². The second kappa shape index (κ2) is 12.4. The van der Waals surface area contributed by atoms with E-state index in [0.717, 1.165) is 0 Å². The molecule has 0 radical (unpaired) electrons. The van der Waals surface area contributed by atoms with Gasteiger partial charge < -0.3 is 29.2 Å². The first-order chi connectivity index (χ1) is 11.7. The third-order valence-electron chi connectivity index (χ3n) is 2.76. The normalized spacial score (nSPS) is 10.4. The van der Waals surface area contributed by atoms with Crippen LogP contribution >= 0.6 is 0 Å². The van der Waals surface area contributed by atoms with Crippen molar-refractivity contribution in [1.29, 1.82) is 0 Å². The summed E-state index contributed by atoms with van der Waals surface area (Å²) < 4.78 is 20.0. The molecule has 1 aromatic carbocycles. The van der Waals surface area contributed by atoms with E-state index in [2.05, 4.69) is 0 Å².